The van der Waals surface area contributed by atoms with Crippen LogP contribution in [0, 0.1) is 5.92 Å². The summed E-state index contributed by atoms with van der Waals surface area (Å²) in [5.74, 6) is 0.856. The van der Waals surface area contributed by atoms with Gasteiger partial charge in [0.05, 0.1) is 5.71 Å². The first kappa shape index (κ1) is 5.15. The van der Waals surface area contributed by atoms with Crippen molar-refractivity contribution in [3.05, 3.63) is 0 Å². The van der Waals surface area contributed by atoms with Gasteiger partial charge in [0, 0.05) is 18.9 Å². The first-order valence-electron chi connectivity index (χ1n) is 3.45. The third-order valence-electron chi connectivity index (χ3n) is 2.15. The number of ketones is 1. The minimum atomic E-state index is 0.303. The minimum Gasteiger partial charge on any atom is -0.293 e. The van der Waals surface area contributed by atoms with Crippen molar-refractivity contribution in [2.45, 2.75) is 19.3 Å². The van der Waals surface area contributed by atoms with Crippen LogP contribution < -0.4 is 0 Å². The molecule has 2 nitrogen and oxygen atoms in total. The van der Waals surface area contributed by atoms with Crippen molar-refractivity contribution in [2.24, 2.45) is 10.9 Å². The summed E-state index contributed by atoms with van der Waals surface area (Å²) >= 11 is 0. The van der Waals surface area contributed by atoms with Gasteiger partial charge in [0.2, 0.25) is 0 Å². The maximum absolute atomic E-state index is 10.9. The van der Waals surface area contributed by atoms with Gasteiger partial charge in [-0.3, -0.25) is 9.79 Å². The maximum Gasteiger partial charge on any atom is 0.176 e. The molecule has 48 valence electrons. The van der Waals surface area contributed by atoms with Gasteiger partial charge >= 0.3 is 0 Å². The SMILES string of the molecule is O=C1CCC2CCN=C12. The predicted molar refractivity (Wildman–Crippen MR) is 34.6 cm³/mol. The summed E-state index contributed by atoms with van der Waals surface area (Å²) in [7, 11) is 0. The lowest BCUT2D eigenvalue weighted by Gasteiger charge is -1.94. The largest absolute Gasteiger partial charge is 0.293 e. The molecule has 1 fully saturated rings. The molecule has 1 unspecified atom stereocenters. The summed E-state index contributed by atoms with van der Waals surface area (Å²) in [6.45, 7) is 0.895. The van der Waals surface area contributed by atoms with Crippen LogP contribution >= 0.6 is 0 Å². The lowest BCUT2D eigenvalue weighted by Crippen LogP contribution is -2.08. The van der Waals surface area contributed by atoms with Gasteiger partial charge in [-0.2, -0.15) is 0 Å². The average Bonchev–Trinajstić information content (AvgIpc) is 2.35. The third-order valence-corrected chi connectivity index (χ3v) is 2.15. The molecule has 0 N–H and O–H groups in total. The maximum atomic E-state index is 10.9. The van der Waals surface area contributed by atoms with Gasteiger partial charge in [-0.05, 0) is 12.8 Å². The number of fused-ring (bicyclic) bond motifs is 1. The van der Waals surface area contributed by atoms with Crippen LogP contribution in [0.3, 0.4) is 0 Å². The van der Waals surface area contributed by atoms with Gasteiger partial charge in [-0.1, -0.05) is 0 Å². The van der Waals surface area contributed by atoms with Crippen LogP contribution in [0.15, 0.2) is 4.99 Å². The highest BCUT2D eigenvalue weighted by atomic mass is 16.1. The molecule has 1 aliphatic heterocycles. The predicted octanol–water partition coefficient (Wildman–Crippen LogP) is 0.810. The number of Topliss-reactive ketones (excluding diaryl/α,β-unsaturated/α-hetero) is 1. The van der Waals surface area contributed by atoms with Crippen molar-refractivity contribution in [1.82, 2.24) is 0 Å². The molecule has 1 aliphatic carbocycles. The molecule has 2 heteroatoms. The molecule has 0 bridgehead atoms. The van der Waals surface area contributed by atoms with E-state index in [1.807, 2.05) is 0 Å². The number of aliphatic imine (C=N–C) groups is 1. The molecule has 0 radical (unpaired) electrons. The zero-order valence-corrected chi connectivity index (χ0v) is 5.26. The van der Waals surface area contributed by atoms with Crippen molar-refractivity contribution >= 4 is 11.5 Å². The Morgan fingerprint density at radius 1 is 1.44 bits per heavy atom. The highest BCUT2D eigenvalue weighted by molar-refractivity contribution is 6.42. The molecule has 0 aromatic heterocycles. The molecule has 0 aromatic rings. The second kappa shape index (κ2) is 1.66. The summed E-state index contributed by atoms with van der Waals surface area (Å²) in [5.41, 5.74) is 0.898. The first-order chi connectivity index (χ1) is 4.38. The number of hydrogen-bond donors (Lipinski definition) is 0. The van der Waals surface area contributed by atoms with Gasteiger partial charge in [-0.15, -0.1) is 0 Å². The van der Waals surface area contributed by atoms with Crippen LogP contribution in [0.4, 0.5) is 0 Å². The second-order valence-corrected chi connectivity index (χ2v) is 2.71. The molecule has 2 rings (SSSR count). The Morgan fingerprint density at radius 2 is 2.33 bits per heavy atom. The zero-order chi connectivity index (χ0) is 6.27. The van der Waals surface area contributed by atoms with Gasteiger partial charge in [0.25, 0.3) is 0 Å². The lowest BCUT2D eigenvalue weighted by molar-refractivity contribution is -0.112. The van der Waals surface area contributed by atoms with E-state index in [-0.39, 0.29) is 0 Å². The molecule has 1 atom stereocenters. The smallest absolute Gasteiger partial charge is 0.176 e. The standard InChI is InChI=1S/C7H9NO/c9-6-2-1-5-3-4-8-7(5)6/h5H,1-4H2. The number of rotatable bonds is 0. The zero-order valence-electron chi connectivity index (χ0n) is 5.26. The first-order valence-corrected chi connectivity index (χ1v) is 3.45. The van der Waals surface area contributed by atoms with Crippen LogP contribution in [-0.2, 0) is 4.79 Å². The van der Waals surface area contributed by atoms with E-state index in [4.69, 9.17) is 0 Å². The van der Waals surface area contributed by atoms with Gasteiger partial charge in [0.15, 0.2) is 5.78 Å². The normalized spacial score (nSPS) is 32.7. The molecule has 9 heavy (non-hydrogen) atoms. The quantitative estimate of drug-likeness (QED) is 0.468. The fourth-order valence-corrected chi connectivity index (χ4v) is 1.64. The fourth-order valence-electron chi connectivity index (χ4n) is 1.64. The van der Waals surface area contributed by atoms with E-state index >= 15 is 0 Å². The summed E-state index contributed by atoms with van der Waals surface area (Å²) in [5, 5.41) is 0. The van der Waals surface area contributed by atoms with Crippen molar-refractivity contribution in [3.8, 4) is 0 Å². The molecule has 0 aromatic carbocycles. The monoisotopic (exact) mass is 123 g/mol. The van der Waals surface area contributed by atoms with Crippen molar-refractivity contribution < 1.29 is 4.79 Å². The van der Waals surface area contributed by atoms with Gasteiger partial charge in [-0.25, -0.2) is 0 Å². The Morgan fingerprint density at radius 3 is 3.11 bits per heavy atom. The highest BCUT2D eigenvalue weighted by Gasteiger charge is 2.32. The van der Waals surface area contributed by atoms with Crippen LogP contribution in [0.1, 0.15) is 19.3 Å². The Hall–Kier alpha value is -0.660. The molecule has 0 saturated heterocycles. The highest BCUT2D eigenvalue weighted by Crippen LogP contribution is 2.27. The molecule has 0 amide bonds. The molecule has 2 aliphatic rings. The van der Waals surface area contributed by atoms with E-state index in [0.29, 0.717) is 11.7 Å². The fraction of sp³-hybridized carbons (Fsp3) is 0.714. The summed E-state index contributed by atoms with van der Waals surface area (Å²) < 4.78 is 0. The lowest BCUT2D eigenvalue weighted by atomic mass is 10.1. The van der Waals surface area contributed by atoms with Crippen molar-refractivity contribution in [1.29, 1.82) is 0 Å². The second-order valence-electron chi connectivity index (χ2n) is 2.71. The summed E-state index contributed by atoms with van der Waals surface area (Å²) in [4.78, 5) is 15.1. The Labute approximate surface area is 54.0 Å². The van der Waals surface area contributed by atoms with E-state index in [2.05, 4.69) is 4.99 Å². The number of carbonyl (C=O) groups excluding carboxylic acids is 1. The van der Waals surface area contributed by atoms with E-state index < -0.39 is 0 Å². The van der Waals surface area contributed by atoms with Crippen molar-refractivity contribution in [2.75, 3.05) is 6.54 Å². The van der Waals surface area contributed by atoms with Crippen molar-refractivity contribution in [3.63, 3.8) is 0 Å². The molecule has 1 saturated carbocycles. The molecular weight excluding hydrogens is 114 g/mol. The minimum absolute atomic E-state index is 0.303. The van der Waals surface area contributed by atoms with Gasteiger partial charge in [0.1, 0.15) is 0 Å². The molecule has 1 heterocycles. The third kappa shape index (κ3) is 0.622. The molecule has 0 spiro atoms. The van der Waals surface area contributed by atoms with Crippen LogP contribution in [-0.4, -0.2) is 18.0 Å². The number of hydrogen-bond acceptors (Lipinski definition) is 2. The molecular formula is C7H9NO. The Balaban J connectivity index is 2.32. The summed E-state index contributed by atoms with van der Waals surface area (Å²) in [6, 6.07) is 0. The van der Waals surface area contributed by atoms with Crippen LogP contribution in [0.25, 0.3) is 0 Å². The van der Waals surface area contributed by atoms with E-state index in [0.717, 1.165) is 31.5 Å². The van der Waals surface area contributed by atoms with E-state index in [9.17, 15) is 4.79 Å². The summed E-state index contributed by atoms with van der Waals surface area (Å²) in [6.07, 6.45) is 2.95. The van der Waals surface area contributed by atoms with E-state index in [1.54, 1.807) is 0 Å². The average molecular weight is 123 g/mol. The van der Waals surface area contributed by atoms with Gasteiger partial charge < -0.3 is 0 Å². The van der Waals surface area contributed by atoms with E-state index in [1.165, 1.54) is 0 Å². The Kier molecular flexibility index (Phi) is 0.949. The number of carbonyl (C=O) groups is 1. The van der Waals surface area contributed by atoms with Crippen LogP contribution in [0.5, 0.6) is 0 Å². The number of nitrogens with zero attached hydrogens (tertiary/aromatic N) is 1. The van der Waals surface area contributed by atoms with Crippen LogP contribution in [0.2, 0.25) is 0 Å². The Bertz CT molecular complexity index is 183. The topological polar surface area (TPSA) is 29.4 Å².